The molecular formula is C17H25NO6S. The second kappa shape index (κ2) is 8.84. The Labute approximate surface area is 148 Å². The van der Waals surface area contributed by atoms with Crippen molar-refractivity contribution in [1.29, 1.82) is 0 Å². The minimum absolute atomic E-state index is 0.147. The quantitative estimate of drug-likeness (QED) is 0.609. The van der Waals surface area contributed by atoms with Gasteiger partial charge in [0.05, 0.1) is 11.5 Å². The number of carboxylic acids is 1. The van der Waals surface area contributed by atoms with Crippen molar-refractivity contribution in [3.63, 3.8) is 0 Å². The van der Waals surface area contributed by atoms with Gasteiger partial charge in [0, 0.05) is 12.7 Å². The topological polar surface area (TPSA) is 110 Å². The van der Waals surface area contributed by atoms with E-state index < -0.39 is 21.3 Å². The van der Waals surface area contributed by atoms with Gasteiger partial charge in [-0.3, -0.25) is 4.79 Å². The van der Waals surface area contributed by atoms with Crippen molar-refractivity contribution in [2.75, 3.05) is 12.9 Å². The van der Waals surface area contributed by atoms with Crippen LogP contribution in [0.25, 0.3) is 0 Å². The number of carbonyl (C=O) groups is 2. The molecule has 25 heavy (non-hydrogen) atoms. The lowest BCUT2D eigenvalue weighted by Crippen LogP contribution is -2.52. The van der Waals surface area contributed by atoms with Crippen LogP contribution < -0.4 is 10.1 Å². The van der Waals surface area contributed by atoms with Gasteiger partial charge in [0.25, 0.3) is 0 Å². The SMILES string of the molecule is CCC[C@](C)(NC(=O)CCCOc1ccc(S(C)(=O)=O)cc1)C(=O)O. The summed E-state index contributed by atoms with van der Waals surface area (Å²) in [7, 11) is -3.24. The number of amides is 1. The molecule has 140 valence electrons. The summed E-state index contributed by atoms with van der Waals surface area (Å²) in [6.07, 6.45) is 2.70. The number of nitrogens with one attached hydrogen (secondary N) is 1. The third kappa shape index (κ3) is 6.74. The van der Waals surface area contributed by atoms with Gasteiger partial charge < -0.3 is 15.2 Å². The zero-order valence-electron chi connectivity index (χ0n) is 14.7. The van der Waals surface area contributed by atoms with Crippen molar-refractivity contribution in [3.8, 4) is 5.75 Å². The number of rotatable bonds is 10. The Kier molecular flexibility index (Phi) is 7.41. The summed E-state index contributed by atoms with van der Waals surface area (Å²) in [5.74, 6) is -0.881. The zero-order chi connectivity index (χ0) is 19.1. The first kappa shape index (κ1) is 21.0. The van der Waals surface area contributed by atoms with Gasteiger partial charge in [-0.2, -0.15) is 0 Å². The van der Waals surface area contributed by atoms with Gasteiger partial charge in [-0.05, 0) is 44.0 Å². The monoisotopic (exact) mass is 371 g/mol. The van der Waals surface area contributed by atoms with E-state index in [9.17, 15) is 23.1 Å². The first-order valence-electron chi connectivity index (χ1n) is 8.06. The van der Waals surface area contributed by atoms with E-state index in [2.05, 4.69) is 5.32 Å². The van der Waals surface area contributed by atoms with Gasteiger partial charge in [0.15, 0.2) is 9.84 Å². The molecular weight excluding hydrogens is 346 g/mol. The lowest BCUT2D eigenvalue weighted by Gasteiger charge is -2.25. The first-order valence-corrected chi connectivity index (χ1v) is 9.95. The molecule has 0 bridgehead atoms. The number of aliphatic carboxylic acids is 1. The van der Waals surface area contributed by atoms with Crippen LogP contribution in [0.1, 0.15) is 39.5 Å². The minimum atomic E-state index is -3.24. The highest BCUT2D eigenvalue weighted by atomic mass is 32.2. The zero-order valence-corrected chi connectivity index (χ0v) is 15.6. The number of benzene rings is 1. The molecule has 0 saturated heterocycles. The van der Waals surface area contributed by atoms with Gasteiger partial charge >= 0.3 is 5.97 Å². The molecule has 1 aromatic carbocycles. The van der Waals surface area contributed by atoms with E-state index in [-0.39, 0.29) is 23.8 Å². The van der Waals surface area contributed by atoms with E-state index in [1.54, 1.807) is 12.1 Å². The molecule has 1 amide bonds. The van der Waals surface area contributed by atoms with E-state index in [4.69, 9.17) is 4.74 Å². The summed E-state index contributed by atoms with van der Waals surface area (Å²) in [4.78, 5) is 23.4. The molecule has 0 heterocycles. The molecule has 0 unspecified atom stereocenters. The highest BCUT2D eigenvalue weighted by Gasteiger charge is 2.33. The van der Waals surface area contributed by atoms with Crippen LogP contribution in [0.5, 0.6) is 5.75 Å². The summed E-state index contributed by atoms with van der Waals surface area (Å²) in [5.41, 5.74) is -1.26. The Balaban J connectivity index is 2.42. The van der Waals surface area contributed by atoms with E-state index in [1.165, 1.54) is 19.1 Å². The summed E-state index contributed by atoms with van der Waals surface area (Å²) >= 11 is 0. The van der Waals surface area contributed by atoms with Crippen LogP contribution in [0.3, 0.4) is 0 Å². The third-order valence-corrected chi connectivity index (χ3v) is 4.83. The number of sulfone groups is 1. The minimum Gasteiger partial charge on any atom is -0.494 e. The number of carbonyl (C=O) groups excluding carboxylic acids is 1. The fourth-order valence-electron chi connectivity index (χ4n) is 2.30. The largest absolute Gasteiger partial charge is 0.494 e. The van der Waals surface area contributed by atoms with Gasteiger partial charge in [-0.1, -0.05) is 13.3 Å². The summed E-state index contributed by atoms with van der Waals surface area (Å²) in [6.45, 7) is 3.62. The van der Waals surface area contributed by atoms with Crippen molar-refractivity contribution < 1.29 is 27.9 Å². The number of hydrogen-bond acceptors (Lipinski definition) is 5. The van der Waals surface area contributed by atoms with Crippen LogP contribution in [-0.2, 0) is 19.4 Å². The van der Waals surface area contributed by atoms with E-state index in [1.807, 2.05) is 6.92 Å². The molecule has 2 N–H and O–H groups in total. The van der Waals surface area contributed by atoms with Crippen LogP contribution >= 0.6 is 0 Å². The number of hydrogen-bond donors (Lipinski definition) is 2. The molecule has 0 aliphatic carbocycles. The Bertz CT molecular complexity index is 698. The van der Waals surface area contributed by atoms with Crippen LogP contribution in [-0.4, -0.2) is 43.8 Å². The molecule has 1 aromatic rings. The molecule has 8 heteroatoms. The van der Waals surface area contributed by atoms with Crippen LogP contribution in [0.2, 0.25) is 0 Å². The normalized spacial score (nSPS) is 13.7. The second-order valence-corrected chi connectivity index (χ2v) is 8.15. The van der Waals surface area contributed by atoms with E-state index >= 15 is 0 Å². The predicted molar refractivity (Wildman–Crippen MR) is 93.4 cm³/mol. The molecule has 0 aliphatic heterocycles. The average molecular weight is 371 g/mol. The highest BCUT2D eigenvalue weighted by Crippen LogP contribution is 2.16. The van der Waals surface area contributed by atoms with Gasteiger partial charge in [0.1, 0.15) is 11.3 Å². The standard InChI is InChI=1S/C17H25NO6S/c1-4-11-17(2,16(20)21)18-15(19)6-5-12-24-13-7-9-14(10-8-13)25(3,22)23/h7-10H,4-6,11-12H2,1-3H3,(H,18,19)(H,20,21)/t17-/m0/s1. The van der Waals surface area contributed by atoms with Crippen molar-refractivity contribution in [1.82, 2.24) is 5.32 Å². The molecule has 0 saturated carbocycles. The molecule has 0 fully saturated rings. The predicted octanol–water partition coefficient (Wildman–Crippen LogP) is 2.01. The third-order valence-electron chi connectivity index (χ3n) is 3.71. The Morgan fingerprint density at radius 2 is 1.84 bits per heavy atom. The molecule has 0 radical (unpaired) electrons. The van der Waals surface area contributed by atoms with Gasteiger partial charge in [-0.15, -0.1) is 0 Å². The molecule has 0 aliphatic rings. The smallest absolute Gasteiger partial charge is 0.329 e. The summed E-state index contributed by atoms with van der Waals surface area (Å²) in [5, 5.41) is 11.8. The summed E-state index contributed by atoms with van der Waals surface area (Å²) in [6, 6.07) is 6.03. The summed E-state index contributed by atoms with van der Waals surface area (Å²) < 4.78 is 28.2. The number of carboxylic acid groups (broad SMARTS) is 1. The van der Waals surface area contributed by atoms with Crippen LogP contribution in [0.4, 0.5) is 0 Å². The maximum absolute atomic E-state index is 11.9. The number of ether oxygens (including phenoxy) is 1. The van der Waals surface area contributed by atoms with Crippen molar-refractivity contribution in [3.05, 3.63) is 24.3 Å². The molecule has 0 spiro atoms. The van der Waals surface area contributed by atoms with E-state index in [0.29, 0.717) is 25.0 Å². The molecule has 0 aromatic heterocycles. The maximum atomic E-state index is 11.9. The fraction of sp³-hybridized carbons (Fsp3) is 0.529. The fourth-order valence-corrected chi connectivity index (χ4v) is 2.93. The average Bonchev–Trinajstić information content (AvgIpc) is 2.51. The molecule has 7 nitrogen and oxygen atoms in total. The lowest BCUT2D eigenvalue weighted by atomic mass is 9.96. The van der Waals surface area contributed by atoms with Crippen LogP contribution in [0.15, 0.2) is 29.2 Å². The Hall–Kier alpha value is -2.09. The van der Waals surface area contributed by atoms with Crippen LogP contribution in [0, 0.1) is 0 Å². The molecule has 1 atom stereocenters. The second-order valence-electron chi connectivity index (χ2n) is 6.13. The van der Waals surface area contributed by atoms with Crippen molar-refractivity contribution >= 4 is 21.7 Å². The van der Waals surface area contributed by atoms with Crippen molar-refractivity contribution in [2.24, 2.45) is 0 Å². The highest BCUT2D eigenvalue weighted by molar-refractivity contribution is 7.90. The maximum Gasteiger partial charge on any atom is 0.329 e. The first-order chi connectivity index (χ1) is 11.6. The van der Waals surface area contributed by atoms with Gasteiger partial charge in [0.2, 0.25) is 5.91 Å². The van der Waals surface area contributed by atoms with Crippen molar-refractivity contribution in [2.45, 2.75) is 50.0 Å². The Morgan fingerprint density at radius 1 is 1.24 bits per heavy atom. The Morgan fingerprint density at radius 3 is 2.32 bits per heavy atom. The molecule has 1 rings (SSSR count). The van der Waals surface area contributed by atoms with Gasteiger partial charge in [-0.25, -0.2) is 13.2 Å². The lowest BCUT2D eigenvalue weighted by molar-refractivity contribution is -0.147. The van der Waals surface area contributed by atoms with E-state index in [0.717, 1.165) is 6.26 Å².